The fourth-order valence-electron chi connectivity index (χ4n) is 2.64. The molecule has 0 spiro atoms. The number of benzene rings is 1. The van der Waals surface area contributed by atoms with Crippen LogP contribution < -0.4 is 10.1 Å². The molecule has 128 valence electrons. The first-order valence-electron chi connectivity index (χ1n) is 8.14. The fraction of sp³-hybridized carbons (Fsp3) is 0.588. The van der Waals surface area contributed by atoms with Crippen molar-refractivity contribution >= 4 is 11.7 Å². The molecule has 1 aliphatic heterocycles. The number of nitrogens with zero attached hydrogens (tertiary/aromatic N) is 2. The number of β-amino-alcohol motifs (C(OH)–C–C–N with tert-alkyl or cyclic N) is 1. The summed E-state index contributed by atoms with van der Waals surface area (Å²) in [5.74, 6) is 0.754. The number of unbranched alkanes of at least 4 members (excludes halogenated alkanes) is 1. The number of amides is 2. The van der Waals surface area contributed by atoms with E-state index in [-0.39, 0.29) is 12.1 Å². The van der Waals surface area contributed by atoms with Crippen LogP contribution >= 0.6 is 0 Å². The van der Waals surface area contributed by atoms with E-state index in [1.54, 1.807) is 4.90 Å². The lowest BCUT2D eigenvalue weighted by atomic mass is 10.2. The molecule has 2 amide bonds. The average molecular weight is 321 g/mol. The summed E-state index contributed by atoms with van der Waals surface area (Å²) in [5, 5.41) is 12.9. The van der Waals surface area contributed by atoms with Crippen molar-refractivity contribution in [2.45, 2.75) is 31.9 Å². The zero-order valence-electron chi connectivity index (χ0n) is 14.2. The molecule has 0 radical (unpaired) electrons. The Morgan fingerprint density at radius 1 is 1.43 bits per heavy atom. The molecule has 6 heteroatoms. The molecule has 1 saturated heterocycles. The molecule has 0 unspecified atom stereocenters. The highest BCUT2D eigenvalue weighted by Gasteiger charge is 2.35. The normalized spacial score (nSPS) is 20.8. The Morgan fingerprint density at radius 2 is 2.22 bits per heavy atom. The van der Waals surface area contributed by atoms with Gasteiger partial charge >= 0.3 is 6.03 Å². The lowest BCUT2D eigenvalue weighted by Crippen LogP contribution is -2.38. The zero-order chi connectivity index (χ0) is 16.8. The lowest BCUT2D eigenvalue weighted by molar-refractivity contribution is 0.113. The highest BCUT2D eigenvalue weighted by atomic mass is 16.5. The number of hydrogen-bond donors (Lipinski definition) is 2. The maximum absolute atomic E-state index is 12.3. The molecule has 1 heterocycles. The summed E-state index contributed by atoms with van der Waals surface area (Å²) in [6, 6.07) is 7.18. The highest BCUT2D eigenvalue weighted by Crippen LogP contribution is 2.20. The number of hydrogen-bond acceptors (Lipinski definition) is 4. The largest absolute Gasteiger partial charge is 0.494 e. The summed E-state index contributed by atoms with van der Waals surface area (Å²) in [6.45, 7) is 3.66. The molecule has 0 aromatic heterocycles. The zero-order valence-corrected chi connectivity index (χ0v) is 14.2. The summed E-state index contributed by atoms with van der Waals surface area (Å²) < 4.78 is 5.65. The van der Waals surface area contributed by atoms with E-state index in [0.29, 0.717) is 25.4 Å². The molecule has 23 heavy (non-hydrogen) atoms. The van der Waals surface area contributed by atoms with Crippen molar-refractivity contribution in [1.82, 2.24) is 9.80 Å². The Labute approximate surface area is 138 Å². The van der Waals surface area contributed by atoms with Crippen LogP contribution in [0.3, 0.4) is 0 Å². The van der Waals surface area contributed by atoms with E-state index in [0.717, 1.165) is 18.6 Å². The predicted octanol–water partition coefficient (Wildman–Crippen LogP) is 2.00. The van der Waals surface area contributed by atoms with E-state index in [4.69, 9.17) is 4.74 Å². The summed E-state index contributed by atoms with van der Waals surface area (Å²) >= 11 is 0. The van der Waals surface area contributed by atoms with E-state index in [9.17, 15) is 9.90 Å². The van der Waals surface area contributed by atoms with Gasteiger partial charge in [0.15, 0.2) is 0 Å². The van der Waals surface area contributed by atoms with Crippen molar-refractivity contribution in [3.8, 4) is 5.75 Å². The Morgan fingerprint density at radius 3 is 2.87 bits per heavy atom. The third-order valence-corrected chi connectivity index (χ3v) is 4.06. The number of rotatable bonds is 6. The van der Waals surface area contributed by atoms with Crippen molar-refractivity contribution in [1.29, 1.82) is 0 Å². The van der Waals surface area contributed by atoms with Crippen LogP contribution in [-0.2, 0) is 0 Å². The fourth-order valence-corrected chi connectivity index (χ4v) is 2.64. The highest BCUT2D eigenvalue weighted by molar-refractivity contribution is 5.89. The molecule has 0 bridgehead atoms. The van der Waals surface area contributed by atoms with Crippen molar-refractivity contribution in [3.63, 3.8) is 0 Å². The number of likely N-dealkylation sites (tertiary alicyclic amines) is 1. The molecule has 1 aliphatic rings. The van der Waals surface area contributed by atoms with Crippen LogP contribution in [0.15, 0.2) is 24.3 Å². The standard InChI is InChI=1S/C17H27N3O3/c1-4-5-9-23-14-8-6-7-13(10-14)18-17(22)20-11-15(19(2)3)16(21)12-20/h6-8,10,15-16,21H,4-5,9,11-12H2,1-3H3,(H,18,22)/t15-,16-/m0/s1. The van der Waals surface area contributed by atoms with Crippen LogP contribution in [0.4, 0.5) is 10.5 Å². The van der Waals surface area contributed by atoms with Gasteiger partial charge in [-0.25, -0.2) is 4.79 Å². The van der Waals surface area contributed by atoms with Gasteiger partial charge in [-0.1, -0.05) is 19.4 Å². The number of ether oxygens (including phenoxy) is 1. The Hall–Kier alpha value is -1.79. The second-order valence-corrected chi connectivity index (χ2v) is 6.16. The van der Waals surface area contributed by atoms with Gasteiger partial charge in [0.2, 0.25) is 0 Å². The quantitative estimate of drug-likeness (QED) is 0.787. The van der Waals surface area contributed by atoms with Crippen molar-refractivity contribution < 1.29 is 14.6 Å². The third kappa shape index (κ3) is 4.84. The van der Waals surface area contributed by atoms with Gasteiger partial charge < -0.3 is 25.0 Å². The molecular weight excluding hydrogens is 294 g/mol. The first-order chi connectivity index (χ1) is 11.0. The van der Waals surface area contributed by atoms with Gasteiger partial charge in [-0.2, -0.15) is 0 Å². The smallest absolute Gasteiger partial charge is 0.321 e. The molecule has 0 aliphatic carbocycles. The molecule has 2 atom stereocenters. The summed E-state index contributed by atoms with van der Waals surface area (Å²) in [5.41, 5.74) is 0.701. The second-order valence-electron chi connectivity index (χ2n) is 6.16. The summed E-state index contributed by atoms with van der Waals surface area (Å²) in [6.07, 6.45) is 1.58. The maximum Gasteiger partial charge on any atom is 0.321 e. The van der Waals surface area contributed by atoms with Gasteiger partial charge in [0.05, 0.1) is 25.3 Å². The van der Waals surface area contributed by atoms with Gasteiger partial charge in [-0.05, 0) is 32.6 Å². The Bertz CT molecular complexity index is 522. The Kier molecular flexibility index (Phi) is 6.24. The van der Waals surface area contributed by atoms with Gasteiger partial charge in [0, 0.05) is 18.3 Å². The van der Waals surface area contributed by atoms with Crippen LogP contribution in [0.1, 0.15) is 19.8 Å². The van der Waals surface area contributed by atoms with E-state index < -0.39 is 6.10 Å². The lowest BCUT2D eigenvalue weighted by Gasteiger charge is -2.21. The van der Waals surface area contributed by atoms with E-state index in [2.05, 4.69) is 12.2 Å². The van der Waals surface area contributed by atoms with Crippen LogP contribution in [0.2, 0.25) is 0 Å². The predicted molar refractivity (Wildman–Crippen MR) is 90.9 cm³/mol. The van der Waals surface area contributed by atoms with Crippen LogP contribution in [0.5, 0.6) is 5.75 Å². The van der Waals surface area contributed by atoms with Gasteiger partial charge in [0.1, 0.15) is 5.75 Å². The summed E-state index contributed by atoms with van der Waals surface area (Å²) in [4.78, 5) is 15.9. The van der Waals surface area contributed by atoms with Crippen molar-refractivity contribution in [2.75, 3.05) is 39.1 Å². The van der Waals surface area contributed by atoms with E-state index >= 15 is 0 Å². The van der Waals surface area contributed by atoms with Crippen LogP contribution in [-0.4, -0.2) is 66.9 Å². The number of aliphatic hydroxyl groups is 1. The van der Waals surface area contributed by atoms with Crippen molar-refractivity contribution in [3.05, 3.63) is 24.3 Å². The summed E-state index contributed by atoms with van der Waals surface area (Å²) in [7, 11) is 3.82. The molecule has 6 nitrogen and oxygen atoms in total. The Balaban J connectivity index is 1.91. The number of anilines is 1. The minimum absolute atomic E-state index is 0.0236. The molecular formula is C17H27N3O3. The second kappa shape index (κ2) is 8.17. The minimum Gasteiger partial charge on any atom is -0.494 e. The average Bonchev–Trinajstić information content (AvgIpc) is 2.90. The van der Waals surface area contributed by atoms with E-state index in [1.165, 1.54) is 0 Å². The molecule has 1 fully saturated rings. The third-order valence-electron chi connectivity index (χ3n) is 4.06. The number of likely N-dealkylation sites (N-methyl/N-ethyl adjacent to an activating group) is 1. The molecule has 2 N–H and O–H groups in total. The molecule has 1 aromatic carbocycles. The maximum atomic E-state index is 12.3. The SMILES string of the molecule is CCCCOc1cccc(NC(=O)N2C[C@H](O)[C@@H](N(C)C)C2)c1. The number of urea groups is 1. The monoisotopic (exact) mass is 321 g/mol. The van der Waals surface area contributed by atoms with Crippen LogP contribution in [0, 0.1) is 0 Å². The number of carbonyl (C=O) groups is 1. The van der Waals surface area contributed by atoms with E-state index in [1.807, 2.05) is 43.3 Å². The van der Waals surface area contributed by atoms with Crippen molar-refractivity contribution in [2.24, 2.45) is 0 Å². The first-order valence-corrected chi connectivity index (χ1v) is 8.14. The minimum atomic E-state index is -0.514. The number of nitrogens with one attached hydrogen (secondary N) is 1. The van der Waals surface area contributed by atoms with Gasteiger partial charge in [0.25, 0.3) is 0 Å². The number of aliphatic hydroxyl groups excluding tert-OH is 1. The molecule has 1 aromatic rings. The van der Waals surface area contributed by atoms with Gasteiger partial charge in [-0.3, -0.25) is 0 Å². The molecule has 2 rings (SSSR count). The van der Waals surface area contributed by atoms with Gasteiger partial charge in [-0.15, -0.1) is 0 Å². The first kappa shape index (κ1) is 17.6. The topological polar surface area (TPSA) is 65.0 Å². The number of carbonyl (C=O) groups excluding carboxylic acids is 1. The molecule has 0 saturated carbocycles. The van der Waals surface area contributed by atoms with Crippen LogP contribution in [0.25, 0.3) is 0 Å².